The van der Waals surface area contributed by atoms with Crippen molar-refractivity contribution in [2.75, 3.05) is 43.1 Å². The van der Waals surface area contributed by atoms with Crippen LogP contribution in [0.25, 0.3) is 0 Å². The molecule has 0 amide bonds. The third-order valence-corrected chi connectivity index (χ3v) is 5.50. The number of aromatic nitrogens is 2. The number of halogens is 1. The average Bonchev–Trinajstić information content (AvgIpc) is 3.22. The SMILES string of the molecule is COc1ccc(N2CCN(c3nsnc3OCc3ccc(Cl)cc3)CC2)cc1. The van der Waals surface area contributed by atoms with Crippen LogP contribution >= 0.6 is 23.3 Å². The summed E-state index contributed by atoms with van der Waals surface area (Å²) in [5, 5.41) is 0.717. The highest BCUT2D eigenvalue weighted by atomic mass is 35.5. The van der Waals surface area contributed by atoms with E-state index in [2.05, 4.69) is 30.7 Å². The third-order valence-electron chi connectivity index (χ3n) is 4.75. The Morgan fingerprint density at radius 2 is 1.61 bits per heavy atom. The molecule has 1 saturated heterocycles. The number of hydrogen-bond donors (Lipinski definition) is 0. The second kappa shape index (κ2) is 8.67. The van der Waals surface area contributed by atoms with Crippen molar-refractivity contribution in [3.63, 3.8) is 0 Å². The van der Waals surface area contributed by atoms with Gasteiger partial charge in [0.25, 0.3) is 5.88 Å². The molecule has 0 saturated carbocycles. The van der Waals surface area contributed by atoms with E-state index in [4.69, 9.17) is 21.1 Å². The maximum atomic E-state index is 5.93. The first-order chi connectivity index (χ1) is 13.7. The van der Waals surface area contributed by atoms with Gasteiger partial charge in [0.05, 0.1) is 18.8 Å². The third kappa shape index (κ3) is 4.31. The molecule has 0 unspecified atom stereocenters. The summed E-state index contributed by atoms with van der Waals surface area (Å²) in [6, 6.07) is 15.8. The number of piperazine rings is 1. The van der Waals surface area contributed by atoms with Gasteiger partial charge in [-0.05, 0) is 42.0 Å². The maximum Gasteiger partial charge on any atom is 0.271 e. The molecule has 0 aliphatic carbocycles. The van der Waals surface area contributed by atoms with Crippen molar-refractivity contribution < 1.29 is 9.47 Å². The zero-order chi connectivity index (χ0) is 19.3. The molecule has 0 spiro atoms. The zero-order valence-corrected chi connectivity index (χ0v) is 17.1. The van der Waals surface area contributed by atoms with Gasteiger partial charge in [0.15, 0.2) is 0 Å². The number of benzene rings is 2. The van der Waals surface area contributed by atoms with Gasteiger partial charge in [-0.1, -0.05) is 23.7 Å². The second-order valence-corrected chi connectivity index (χ2v) is 7.45. The van der Waals surface area contributed by atoms with E-state index in [9.17, 15) is 0 Å². The van der Waals surface area contributed by atoms with Crippen LogP contribution in [0.2, 0.25) is 5.02 Å². The van der Waals surface area contributed by atoms with Gasteiger partial charge in [-0.15, -0.1) is 4.37 Å². The molecular formula is C20H21ClN4O2S. The molecule has 2 heterocycles. The summed E-state index contributed by atoms with van der Waals surface area (Å²) in [5.41, 5.74) is 2.25. The van der Waals surface area contributed by atoms with E-state index in [-0.39, 0.29) is 0 Å². The molecule has 4 rings (SSSR count). The fourth-order valence-corrected chi connectivity index (χ4v) is 3.81. The quantitative estimate of drug-likeness (QED) is 0.602. The Bertz CT molecular complexity index is 893. The number of rotatable bonds is 6. The molecule has 1 fully saturated rings. The van der Waals surface area contributed by atoms with Crippen molar-refractivity contribution in [1.29, 1.82) is 0 Å². The van der Waals surface area contributed by atoms with Crippen molar-refractivity contribution in [3.05, 3.63) is 59.1 Å². The van der Waals surface area contributed by atoms with Crippen LogP contribution in [0.5, 0.6) is 11.6 Å². The summed E-state index contributed by atoms with van der Waals surface area (Å²) in [4.78, 5) is 4.60. The van der Waals surface area contributed by atoms with E-state index < -0.39 is 0 Å². The maximum absolute atomic E-state index is 5.93. The predicted octanol–water partition coefficient (Wildman–Crippen LogP) is 4.11. The average molecular weight is 417 g/mol. The van der Waals surface area contributed by atoms with Gasteiger partial charge in [-0.2, -0.15) is 4.37 Å². The van der Waals surface area contributed by atoms with E-state index >= 15 is 0 Å². The molecule has 0 atom stereocenters. The van der Waals surface area contributed by atoms with E-state index in [0.29, 0.717) is 12.5 Å². The standard InChI is InChI=1S/C20H21ClN4O2S/c1-26-18-8-6-17(7-9-18)24-10-12-25(13-11-24)19-20(23-28-22-19)27-14-15-2-4-16(21)5-3-15/h2-9H,10-14H2,1H3. The number of methoxy groups -OCH3 is 1. The molecule has 1 aliphatic rings. The first-order valence-corrected chi connectivity index (χ1v) is 10.2. The summed E-state index contributed by atoms with van der Waals surface area (Å²) in [7, 11) is 1.68. The monoisotopic (exact) mass is 416 g/mol. The van der Waals surface area contributed by atoms with E-state index in [1.165, 1.54) is 17.4 Å². The van der Waals surface area contributed by atoms with Crippen LogP contribution in [-0.2, 0) is 6.61 Å². The summed E-state index contributed by atoms with van der Waals surface area (Å²) in [6.45, 7) is 4.02. The van der Waals surface area contributed by atoms with Crippen LogP contribution in [0, 0.1) is 0 Å². The molecule has 146 valence electrons. The molecule has 28 heavy (non-hydrogen) atoms. The molecular weight excluding hydrogens is 396 g/mol. The van der Waals surface area contributed by atoms with Crippen LogP contribution in [0.3, 0.4) is 0 Å². The van der Waals surface area contributed by atoms with Crippen molar-refractivity contribution in [1.82, 2.24) is 8.75 Å². The molecule has 8 heteroatoms. The van der Waals surface area contributed by atoms with Crippen LogP contribution < -0.4 is 19.3 Å². The number of nitrogens with zero attached hydrogens (tertiary/aromatic N) is 4. The molecule has 0 radical (unpaired) electrons. The van der Waals surface area contributed by atoms with Crippen LogP contribution in [0.15, 0.2) is 48.5 Å². The van der Waals surface area contributed by atoms with Gasteiger partial charge >= 0.3 is 0 Å². The fourth-order valence-electron chi connectivity index (χ4n) is 3.16. The molecule has 0 bridgehead atoms. The molecule has 6 nitrogen and oxygen atoms in total. The van der Waals surface area contributed by atoms with Gasteiger partial charge in [-0.3, -0.25) is 0 Å². The topological polar surface area (TPSA) is 50.7 Å². The molecule has 0 N–H and O–H groups in total. The molecule has 2 aromatic carbocycles. The smallest absolute Gasteiger partial charge is 0.271 e. The first-order valence-electron chi connectivity index (χ1n) is 9.06. The number of ether oxygens (including phenoxy) is 2. The summed E-state index contributed by atoms with van der Waals surface area (Å²) < 4.78 is 19.9. The predicted molar refractivity (Wildman–Crippen MR) is 113 cm³/mol. The minimum Gasteiger partial charge on any atom is -0.497 e. The van der Waals surface area contributed by atoms with Gasteiger partial charge in [0.1, 0.15) is 12.4 Å². The highest BCUT2D eigenvalue weighted by Crippen LogP contribution is 2.29. The van der Waals surface area contributed by atoms with Crippen molar-refractivity contribution in [3.8, 4) is 11.6 Å². The van der Waals surface area contributed by atoms with Crippen LogP contribution in [-0.4, -0.2) is 42.0 Å². The minimum absolute atomic E-state index is 0.446. The van der Waals surface area contributed by atoms with Gasteiger partial charge in [0.2, 0.25) is 5.82 Å². The largest absolute Gasteiger partial charge is 0.497 e. The highest BCUT2D eigenvalue weighted by molar-refractivity contribution is 6.99. The number of anilines is 2. The van der Waals surface area contributed by atoms with Crippen molar-refractivity contribution >= 4 is 34.8 Å². The van der Waals surface area contributed by atoms with Crippen molar-refractivity contribution in [2.45, 2.75) is 6.61 Å². The van der Waals surface area contributed by atoms with Crippen molar-refractivity contribution in [2.24, 2.45) is 0 Å². The van der Waals surface area contributed by atoms with Gasteiger partial charge in [-0.25, -0.2) is 0 Å². The van der Waals surface area contributed by atoms with Crippen LogP contribution in [0.1, 0.15) is 5.56 Å². The molecule has 1 aromatic heterocycles. The Balaban J connectivity index is 1.35. The zero-order valence-electron chi connectivity index (χ0n) is 15.5. The van der Waals surface area contributed by atoms with Gasteiger partial charge < -0.3 is 19.3 Å². The Kier molecular flexibility index (Phi) is 5.83. The summed E-state index contributed by atoms with van der Waals surface area (Å²) >= 11 is 7.11. The lowest BCUT2D eigenvalue weighted by molar-refractivity contribution is 0.296. The lowest BCUT2D eigenvalue weighted by Crippen LogP contribution is -2.46. The highest BCUT2D eigenvalue weighted by Gasteiger charge is 2.23. The first kappa shape index (κ1) is 18.8. The van der Waals surface area contributed by atoms with E-state index in [0.717, 1.165) is 48.3 Å². The second-order valence-electron chi connectivity index (χ2n) is 6.48. The minimum atomic E-state index is 0.446. The molecule has 3 aromatic rings. The number of hydrogen-bond acceptors (Lipinski definition) is 7. The Labute approximate surface area is 173 Å². The Hall–Kier alpha value is -2.51. The summed E-state index contributed by atoms with van der Waals surface area (Å²) in [6.07, 6.45) is 0. The van der Waals surface area contributed by atoms with Gasteiger partial charge in [0, 0.05) is 36.9 Å². The Morgan fingerprint density at radius 1 is 0.929 bits per heavy atom. The Morgan fingerprint density at radius 3 is 2.29 bits per heavy atom. The summed E-state index contributed by atoms with van der Waals surface area (Å²) in [5.74, 6) is 2.30. The normalized spacial score (nSPS) is 14.2. The van der Waals surface area contributed by atoms with E-state index in [1.807, 2.05) is 36.4 Å². The fraction of sp³-hybridized carbons (Fsp3) is 0.300. The van der Waals surface area contributed by atoms with Crippen LogP contribution in [0.4, 0.5) is 11.5 Å². The lowest BCUT2D eigenvalue weighted by Gasteiger charge is -2.36. The van der Waals surface area contributed by atoms with E-state index in [1.54, 1.807) is 7.11 Å². The molecule has 1 aliphatic heterocycles. The lowest BCUT2D eigenvalue weighted by atomic mass is 10.2.